The lowest BCUT2D eigenvalue weighted by Crippen LogP contribution is -2.41. The summed E-state index contributed by atoms with van der Waals surface area (Å²) in [5, 5.41) is 11.0. The summed E-state index contributed by atoms with van der Waals surface area (Å²) < 4.78 is 26.9. The molecule has 3 rings (SSSR count). The third-order valence-electron chi connectivity index (χ3n) is 3.93. The summed E-state index contributed by atoms with van der Waals surface area (Å²) in [6.07, 6.45) is 0.837. The van der Waals surface area contributed by atoms with Crippen molar-refractivity contribution >= 4 is 55.6 Å². The fraction of sp³-hybridized carbons (Fsp3) is 0.357. The molecule has 2 aromatic rings. The van der Waals surface area contributed by atoms with Gasteiger partial charge in [-0.15, -0.1) is 10.2 Å². The number of nitrogens with zero attached hydrogens (tertiary/aromatic N) is 3. The van der Waals surface area contributed by atoms with Crippen LogP contribution in [-0.4, -0.2) is 41.9 Å². The van der Waals surface area contributed by atoms with Crippen LogP contribution < -0.4 is 5.32 Å². The van der Waals surface area contributed by atoms with Gasteiger partial charge in [0.15, 0.2) is 0 Å². The van der Waals surface area contributed by atoms with E-state index in [0.717, 1.165) is 0 Å². The second-order valence-corrected chi connectivity index (χ2v) is 9.07. The van der Waals surface area contributed by atoms with Crippen molar-refractivity contribution in [2.24, 2.45) is 5.92 Å². The Kier molecular flexibility index (Phi) is 5.59. The number of rotatable bonds is 4. The van der Waals surface area contributed by atoms with E-state index in [1.807, 2.05) is 0 Å². The van der Waals surface area contributed by atoms with Crippen LogP contribution in [0, 0.1) is 5.92 Å². The highest BCUT2D eigenvalue weighted by molar-refractivity contribution is 7.89. The molecule has 0 bridgehead atoms. The Hall–Kier alpha value is -1.26. The fourth-order valence-electron chi connectivity index (χ4n) is 2.61. The normalized spacial score (nSPS) is 16.7. The average molecular weight is 421 g/mol. The van der Waals surface area contributed by atoms with Crippen molar-refractivity contribution in [3.05, 3.63) is 33.8 Å². The van der Waals surface area contributed by atoms with Crippen LogP contribution in [0.1, 0.15) is 12.8 Å². The lowest BCUT2D eigenvalue weighted by atomic mass is 9.97. The molecule has 1 N–H and O–H groups in total. The standard InChI is InChI=1S/C14H14Cl2N4O3S2/c15-10-1-2-11(16)12(7-10)25(22,23)20-5-3-9(4-6-20)13(21)18-14-19-17-8-24-14/h1-2,7-9H,3-6H2,(H,18,19,21). The van der Waals surface area contributed by atoms with E-state index in [1.165, 1.54) is 39.4 Å². The van der Waals surface area contributed by atoms with Gasteiger partial charge in [0.1, 0.15) is 10.4 Å². The Balaban J connectivity index is 1.67. The molecule has 1 saturated heterocycles. The van der Waals surface area contributed by atoms with Crippen LogP contribution in [0.2, 0.25) is 10.0 Å². The molecule has 7 nitrogen and oxygen atoms in total. The average Bonchev–Trinajstić information content (AvgIpc) is 3.10. The molecular weight excluding hydrogens is 407 g/mol. The largest absolute Gasteiger partial charge is 0.300 e. The van der Waals surface area contributed by atoms with Crippen LogP contribution in [-0.2, 0) is 14.8 Å². The molecular formula is C14H14Cl2N4O3S2. The van der Waals surface area contributed by atoms with E-state index in [2.05, 4.69) is 15.5 Å². The number of benzene rings is 1. The first-order valence-corrected chi connectivity index (χ1v) is 10.5. The number of halogens is 2. The fourth-order valence-corrected chi connectivity index (χ4v) is 5.26. The zero-order chi connectivity index (χ0) is 18.0. The molecule has 25 heavy (non-hydrogen) atoms. The summed E-state index contributed by atoms with van der Waals surface area (Å²) in [7, 11) is -3.75. The summed E-state index contributed by atoms with van der Waals surface area (Å²) >= 11 is 13.1. The van der Waals surface area contributed by atoms with Crippen LogP contribution >= 0.6 is 34.5 Å². The zero-order valence-electron chi connectivity index (χ0n) is 12.9. The number of hydrogen-bond donors (Lipinski definition) is 1. The van der Waals surface area contributed by atoms with E-state index in [4.69, 9.17) is 23.2 Å². The maximum absolute atomic E-state index is 12.8. The van der Waals surface area contributed by atoms with E-state index in [0.29, 0.717) is 23.0 Å². The maximum atomic E-state index is 12.8. The summed E-state index contributed by atoms with van der Waals surface area (Å²) in [5.41, 5.74) is 1.53. The van der Waals surface area contributed by atoms with Gasteiger partial charge < -0.3 is 5.32 Å². The minimum atomic E-state index is -3.75. The molecule has 0 unspecified atom stereocenters. The predicted octanol–water partition coefficient (Wildman–Crippen LogP) is 2.88. The van der Waals surface area contributed by atoms with Gasteiger partial charge in [0, 0.05) is 24.0 Å². The number of anilines is 1. The monoisotopic (exact) mass is 420 g/mol. The van der Waals surface area contributed by atoms with Crippen molar-refractivity contribution in [1.29, 1.82) is 0 Å². The predicted molar refractivity (Wildman–Crippen MR) is 96.5 cm³/mol. The van der Waals surface area contributed by atoms with Gasteiger partial charge in [-0.25, -0.2) is 8.42 Å². The van der Waals surface area contributed by atoms with E-state index < -0.39 is 10.0 Å². The van der Waals surface area contributed by atoms with Crippen LogP contribution in [0.15, 0.2) is 28.6 Å². The first-order chi connectivity index (χ1) is 11.9. The third kappa shape index (κ3) is 4.12. The van der Waals surface area contributed by atoms with Gasteiger partial charge in [0.25, 0.3) is 0 Å². The van der Waals surface area contributed by atoms with Crippen molar-refractivity contribution in [2.45, 2.75) is 17.7 Å². The Morgan fingerprint density at radius 3 is 2.64 bits per heavy atom. The summed E-state index contributed by atoms with van der Waals surface area (Å²) in [4.78, 5) is 12.2. The molecule has 1 aromatic heterocycles. The van der Waals surface area contributed by atoms with Crippen LogP contribution in [0.25, 0.3) is 0 Å². The summed E-state index contributed by atoms with van der Waals surface area (Å²) in [5.74, 6) is -0.445. The van der Waals surface area contributed by atoms with Crippen molar-refractivity contribution < 1.29 is 13.2 Å². The molecule has 0 radical (unpaired) electrons. The molecule has 0 spiro atoms. The molecule has 1 aliphatic rings. The number of amides is 1. The number of carbonyl (C=O) groups excluding carboxylic acids is 1. The molecule has 0 saturated carbocycles. The van der Waals surface area contributed by atoms with Crippen LogP contribution in [0.5, 0.6) is 0 Å². The van der Waals surface area contributed by atoms with E-state index in [9.17, 15) is 13.2 Å². The molecule has 0 atom stereocenters. The highest BCUT2D eigenvalue weighted by Crippen LogP contribution is 2.30. The number of sulfonamides is 1. The van der Waals surface area contributed by atoms with Gasteiger partial charge in [0.05, 0.1) is 5.02 Å². The number of hydrogen-bond acceptors (Lipinski definition) is 6. The van der Waals surface area contributed by atoms with Gasteiger partial charge in [-0.3, -0.25) is 4.79 Å². The second-order valence-electron chi connectivity index (χ2n) is 5.49. The molecule has 1 fully saturated rings. The third-order valence-corrected chi connectivity index (χ3v) is 7.15. The highest BCUT2D eigenvalue weighted by atomic mass is 35.5. The maximum Gasteiger partial charge on any atom is 0.244 e. The number of aromatic nitrogens is 2. The summed E-state index contributed by atoms with van der Waals surface area (Å²) in [6, 6.07) is 4.33. The van der Waals surface area contributed by atoms with E-state index in [1.54, 1.807) is 0 Å². The Morgan fingerprint density at radius 1 is 1.28 bits per heavy atom. The number of carbonyl (C=O) groups is 1. The minimum absolute atomic E-state index is 0.0153. The number of nitrogens with one attached hydrogen (secondary N) is 1. The smallest absolute Gasteiger partial charge is 0.244 e. The first-order valence-electron chi connectivity index (χ1n) is 7.40. The molecule has 1 aliphatic heterocycles. The molecule has 2 heterocycles. The van der Waals surface area contributed by atoms with Gasteiger partial charge in [-0.05, 0) is 31.0 Å². The number of piperidine rings is 1. The minimum Gasteiger partial charge on any atom is -0.300 e. The van der Waals surface area contributed by atoms with Crippen LogP contribution in [0.3, 0.4) is 0 Å². The molecule has 11 heteroatoms. The van der Waals surface area contributed by atoms with Crippen molar-refractivity contribution in [2.75, 3.05) is 18.4 Å². The molecule has 134 valence electrons. The van der Waals surface area contributed by atoms with Gasteiger partial charge >= 0.3 is 0 Å². The highest BCUT2D eigenvalue weighted by Gasteiger charge is 2.33. The van der Waals surface area contributed by atoms with Crippen molar-refractivity contribution in [1.82, 2.24) is 14.5 Å². The van der Waals surface area contributed by atoms with Crippen LogP contribution in [0.4, 0.5) is 5.13 Å². The van der Waals surface area contributed by atoms with Crippen molar-refractivity contribution in [3.8, 4) is 0 Å². The topological polar surface area (TPSA) is 92.3 Å². The Labute approximate surface area is 159 Å². The zero-order valence-corrected chi connectivity index (χ0v) is 16.0. The quantitative estimate of drug-likeness (QED) is 0.820. The van der Waals surface area contributed by atoms with Gasteiger partial charge in [-0.1, -0.05) is 34.5 Å². The van der Waals surface area contributed by atoms with E-state index in [-0.39, 0.29) is 34.8 Å². The molecule has 1 amide bonds. The molecule has 0 aliphatic carbocycles. The van der Waals surface area contributed by atoms with Crippen molar-refractivity contribution in [3.63, 3.8) is 0 Å². The first kappa shape index (κ1) is 18.5. The lowest BCUT2D eigenvalue weighted by molar-refractivity contribution is -0.120. The SMILES string of the molecule is O=C(Nc1nncs1)C1CCN(S(=O)(=O)c2cc(Cl)ccc2Cl)CC1. The Morgan fingerprint density at radius 2 is 2.00 bits per heavy atom. The van der Waals surface area contributed by atoms with Gasteiger partial charge in [-0.2, -0.15) is 4.31 Å². The lowest BCUT2D eigenvalue weighted by Gasteiger charge is -2.30. The second kappa shape index (κ2) is 7.55. The molecule has 1 aromatic carbocycles. The van der Waals surface area contributed by atoms with Gasteiger partial charge in [0.2, 0.25) is 21.1 Å². The summed E-state index contributed by atoms with van der Waals surface area (Å²) in [6.45, 7) is 0.471. The van der Waals surface area contributed by atoms with E-state index >= 15 is 0 Å². The Bertz CT molecular complexity index is 866.